The van der Waals surface area contributed by atoms with Crippen molar-refractivity contribution >= 4 is 17.6 Å². The third-order valence-electron chi connectivity index (χ3n) is 2.48. The fourth-order valence-electron chi connectivity index (χ4n) is 1.54. The van der Waals surface area contributed by atoms with Gasteiger partial charge in [-0.05, 0) is 37.5 Å². The Labute approximate surface area is 111 Å². The number of halogens is 1. The van der Waals surface area contributed by atoms with Gasteiger partial charge >= 0.3 is 5.97 Å². The van der Waals surface area contributed by atoms with Gasteiger partial charge in [0, 0.05) is 11.6 Å². The fraction of sp³-hybridized carbons (Fsp3) is 0.462. The highest BCUT2D eigenvalue weighted by Crippen LogP contribution is 2.23. The van der Waals surface area contributed by atoms with E-state index < -0.39 is 5.97 Å². The molecule has 0 saturated heterocycles. The van der Waals surface area contributed by atoms with E-state index in [1.807, 2.05) is 0 Å². The number of aromatic carboxylic acids is 1. The zero-order chi connectivity index (χ0) is 13.4. The summed E-state index contributed by atoms with van der Waals surface area (Å²) in [6.07, 6.45) is 3.53. The highest BCUT2D eigenvalue weighted by molar-refractivity contribution is 6.31. The summed E-state index contributed by atoms with van der Waals surface area (Å²) >= 11 is 5.74. The van der Waals surface area contributed by atoms with Crippen LogP contribution in [-0.2, 0) is 0 Å². The van der Waals surface area contributed by atoms with Crippen molar-refractivity contribution in [1.82, 2.24) is 0 Å². The van der Waals surface area contributed by atoms with Crippen LogP contribution < -0.4 is 4.74 Å². The maximum absolute atomic E-state index is 11.0. The van der Waals surface area contributed by atoms with Gasteiger partial charge in [-0.2, -0.15) is 0 Å². The number of carbonyl (C=O) groups is 1. The molecule has 0 aliphatic heterocycles. The molecule has 0 amide bonds. The van der Waals surface area contributed by atoms with Crippen molar-refractivity contribution in [1.29, 1.82) is 0 Å². The molecular weight excluding hydrogens is 256 g/mol. The summed E-state index contributed by atoms with van der Waals surface area (Å²) in [7, 11) is 0. The van der Waals surface area contributed by atoms with E-state index >= 15 is 0 Å². The molecule has 4 nitrogen and oxygen atoms in total. The average molecular weight is 273 g/mol. The molecule has 0 radical (unpaired) electrons. The van der Waals surface area contributed by atoms with Crippen LogP contribution in [0, 0.1) is 0 Å². The third-order valence-corrected chi connectivity index (χ3v) is 2.72. The van der Waals surface area contributed by atoms with Gasteiger partial charge in [-0.1, -0.05) is 18.0 Å². The summed E-state index contributed by atoms with van der Waals surface area (Å²) < 4.78 is 5.43. The zero-order valence-corrected chi connectivity index (χ0v) is 10.8. The number of ether oxygens (including phenoxy) is 1. The first-order valence-corrected chi connectivity index (χ1v) is 6.29. The first-order chi connectivity index (χ1) is 8.65. The summed E-state index contributed by atoms with van der Waals surface area (Å²) in [6.45, 7) is 0.675. The Kier molecular flexibility index (Phi) is 6.54. The second kappa shape index (κ2) is 7.95. The van der Waals surface area contributed by atoms with Crippen LogP contribution in [0.3, 0.4) is 0 Å². The van der Waals surface area contributed by atoms with Crippen molar-refractivity contribution in [2.75, 3.05) is 13.2 Å². The summed E-state index contributed by atoms with van der Waals surface area (Å²) in [5.41, 5.74) is 0.0814. The van der Waals surface area contributed by atoms with Gasteiger partial charge in [0.05, 0.1) is 6.61 Å². The Morgan fingerprint density at radius 2 is 1.94 bits per heavy atom. The Balaban J connectivity index is 2.44. The molecule has 0 unspecified atom stereocenters. The highest BCUT2D eigenvalue weighted by Gasteiger charge is 2.11. The first kappa shape index (κ1) is 14.8. The van der Waals surface area contributed by atoms with Gasteiger partial charge < -0.3 is 14.9 Å². The Morgan fingerprint density at radius 3 is 2.61 bits per heavy atom. The Morgan fingerprint density at radius 1 is 1.22 bits per heavy atom. The Bertz CT molecular complexity index is 393. The van der Waals surface area contributed by atoms with Crippen LogP contribution in [0.5, 0.6) is 5.75 Å². The molecular formula is C13H17ClO4. The number of aliphatic hydroxyl groups excluding tert-OH is 1. The van der Waals surface area contributed by atoms with Gasteiger partial charge in [0.25, 0.3) is 0 Å². The van der Waals surface area contributed by atoms with Crippen molar-refractivity contribution in [2.24, 2.45) is 0 Å². The monoisotopic (exact) mass is 272 g/mol. The maximum atomic E-state index is 11.0. The van der Waals surface area contributed by atoms with E-state index in [2.05, 4.69) is 0 Å². The molecule has 0 fully saturated rings. The lowest BCUT2D eigenvalue weighted by Crippen LogP contribution is -2.04. The number of benzene rings is 1. The van der Waals surface area contributed by atoms with Crippen molar-refractivity contribution in [3.8, 4) is 5.75 Å². The minimum absolute atomic E-state index is 0.0814. The summed E-state index contributed by atoms with van der Waals surface area (Å²) in [6, 6.07) is 4.56. The van der Waals surface area contributed by atoms with Crippen LogP contribution >= 0.6 is 11.6 Å². The third kappa shape index (κ3) is 4.94. The second-order valence-corrected chi connectivity index (χ2v) is 4.37. The molecule has 0 bridgehead atoms. The number of hydrogen-bond acceptors (Lipinski definition) is 3. The lowest BCUT2D eigenvalue weighted by atomic mass is 10.2. The number of unbranched alkanes of at least 4 members (excludes halogenated alkanes) is 3. The average Bonchev–Trinajstić information content (AvgIpc) is 2.35. The van der Waals surface area contributed by atoms with E-state index in [1.165, 1.54) is 6.07 Å². The van der Waals surface area contributed by atoms with E-state index in [0.717, 1.165) is 25.7 Å². The van der Waals surface area contributed by atoms with E-state index in [-0.39, 0.29) is 12.2 Å². The molecule has 0 atom stereocenters. The van der Waals surface area contributed by atoms with E-state index in [9.17, 15) is 4.79 Å². The van der Waals surface area contributed by atoms with Crippen LogP contribution in [0.4, 0.5) is 0 Å². The summed E-state index contributed by atoms with van der Waals surface area (Å²) in [4.78, 5) is 11.0. The quantitative estimate of drug-likeness (QED) is 0.714. The summed E-state index contributed by atoms with van der Waals surface area (Å²) in [5, 5.41) is 18.0. The second-order valence-electron chi connectivity index (χ2n) is 3.93. The van der Waals surface area contributed by atoms with Crippen LogP contribution in [0.1, 0.15) is 36.0 Å². The van der Waals surface area contributed by atoms with E-state index in [4.69, 9.17) is 26.6 Å². The minimum atomic E-state index is -1.05. The number of carboxylic acids is 1. The molecule has 1 aromatic carbocycles. The molecule has 100 valence electrons. The van der Waals surface area contributed by atoms with Crippen LogP contribution in [-0.4, -0.2) is 29.4 Å². The highest BCUT2D eigenvalue weighted by atomic mass is 35.5. The maximum Gasteiger partial charge on any atom is 0.339 e. The standard InChI is InChI=1S/C13H17ClO4/c14-10-5-6-12(11(9-10)13(16)17)18-8-4-2-1-3-7-15/h5-6,9,15H,1-4,7-8H2,(H,16,17). The fourth-order valence-corrected chi connectivity index (χ4v) is 1.72. The number of rotatable bonds is 8. The lowest BCUT2D eigenvalue weighted by molar-refractivity contribution is 0.0692. The van der Waals surface area contributed by atoms with Gasteiger partial charge in [0.1, 0.15) is 11.3 Å². The first-order valence-electron chi connectivity index (χ1n) is 5.91. The van der Waals surface area contributed by atoms with Gasteiger partial charge in [-0.15, -0.1) is 0 Å². The Hall–Kier alpha value is -1.26. The normalized spacial score (nSPS) is 10.3. The van der Waals surface area contributed by atoms with Crippen molar-refractivity contribution in [3.05, 3.63) is 28.8 Å². The van der Waals surface area contributed by atoms with Crippen molar-refractivity contribution in [3.63, 3.8) is 0 Å². The van der Waals surface area contributed by atoms with Crippen molar-refractivity contribution < 1.29 is 19.7 Å². The largest absolute Gasteiger partial charge is 0.493 e. The molecule has 0 spiro atoms. The molecule has 2 N–H and O–H groups in total. The molecule has 0 saturated carbocycles. The molecule has 0 heterocycles. The van der Waals surface area contributed by atoms with Gasteiger partial charge in [-0.25, -0.2) is 4.79 Å². The zero-order valence-electron chi connectivity index (χ0n) is 10.1. The molecule has 0 aliphatic rings. The number of carboxylic acid groups (broad SMARTS) is 1. The smallest absolute Gasteiger partial charge is 0.339 e. The molecule has 1 aromatic rings. The lowest BCUT2D eigenvalue weighted by Gasteiger charge is -2.09. The molecule has 0 aliphatic carbocycles. The molecule has 0 aromatic heterocycles. The van der Waals surface area contributed by atoms with Gasteiger partial charge in [0.2, 0.25) is 0 Å². The predicted octanol–water partition coefficient (Wildman–Crippen LogP) is 2.97. The number of hydrogen-bond donors (Lipinski definition) is 2. The van der Waals surface area contributed by atoms with Crippen LogP contribution in [0.25, 0.3) is 0 Å². The SMILES string of the molecule is O=C(O)c1cc(Cl)ccc1OCCCCCCO. The molecule has 1 rings (SSSR count). The van der Waals surface area contributed by atoms with Crippen molar-refractivity contribution in [2.45, 2.75) is 25.7 Å². The van der Waals surface area contributed by atoms with E-state index in [0.29, 0.717) is 17.4 Å². The van der Waals surface area contributed by atoms with Gasteiger partial charge in [0.15, 0.2) is 0 Å². The van der Waals surface area contributed by atoms with Gasteiger partial charge in [-0.3, -0.25) is 0 Å². The summed E-state index contributed by atoms with van der Waals surface area (Å²) in [5.74, 6) is -0.707. The number of aliphatic hydroxyl groups is 1. The predicted molar refractivity (Wildman–Crippen MR) is 69.5 cm³/mol. The van der Waals surface area contributed by atoms with Crippen LogP contribution in [0.2, 0.25) is 5.02 Å². The van der Waals surface area contributed by atoms with Crippen LogP contribution in [0.15, 0.2) is 18.2 Å². The molecule has 18 heavy (non-hydrogen) atoms. The molecule has 5 heteroatoms. The topological polar surface area (TPSA) is 66.8 Å². The van der Waals surface area contributed by atoms with E-state index in [1.54, 1.807) is 12.1 Å². The minimum Gasteiger partial charge on any atom is -0.493 e.